The summed E-state index contributed by atoms with van der Waals surface area (Å²) in [5.74, 6) is 0.774. The van der Waals surface area contributed by atoms with E-state index in [2.05, 4.69) is 12.2 Å². The van der Waals surface area contributed by atoms with Crippen LogP contribution in [0.1, 0.15) is 48.0 Å². The fourth-order valence-electron chi connectivity index (χ4n) is 2.27. The summed E-state index contributed by atoms with van der Waals surface area (Å²) in [7, 11) is 0. The molecule has 3 N–H and O–H groups in total. The molecule has 2 rings (SSSR count). The van der Waals surface area contributed by atoms with Crippen molar-refractivity contribution < 1.29 is 4.79 Å². The first-order chi connectivity index (χ1) is 8.37. The molecule has 19 heavy (non-hydrogen) atoms. The van der Waals surface area contributed by atoms with E-state index in [1.54, 1.807) is 11.3 Å². The highest BCUT2D eigenvalue weighted by molar-refractivity contribution is 7.10. The van der Waals surface area contributed by atoms with Crippen molar-refractivity contribution in [2.45, 2.75) is 45.6 Å². The van der Waals surface area contributed by atoms with Crippen LogP contribution in [0.3, 0.4) is 0 Å². The molecule has 5 heteroatoms. The Morgan fingerprint density at radius 3 is 2.89 bits per heavy atom. The number of fused-ring (bicyclic) bond motifs is 1. The number of carbonyl (C=O) groups is 1. The van der Waals surface area contributed by atoms with E-state index in [4.69, 9.17) is 5.73 Å². The molecule has 1 unspecified atom stereocenters. The average Bonchev–Trinajstić information content (AvgIpc) is 2.67. The second-order valence-electron chi connectivity index (χ2n) is 6.07. The molecule has 0 aliphatic heterocycles. The standard InChI is InChI=1S/C14H22N2OS.ClH/c1-9-4-5-10-11(7-18-12(10)6-9)13(17)16-8-14(2,3)15;/h7,9H,4-6,8,15H2,1-3H3,(H,16,17);1H. The van der Waals surface area contributed by atoms with E-state index in [0.29, 0.717) is 6.54 Å². The van der Waals surface area contributed by atoms with E-state index in [-0.39, 0.29) is 23.9 Å². The van der Waals surface area contributed by atoms with Crippen LogP contribution in [0.15, 0.2) is 5.38 Å². The Morgan fingerprint density at radius 2 is 2.26 bits per heavy atom. The van der Waals surface area contributed by atoms with Crippen LogP contribution >= 0.6 is 23.7 Å². The van der Waals surface area contributed by atoms with E-state index >= 15 is 0 Å². The van der Waals surface area contributed by atoms with Gasteiger partial charge in [0.1, 0.15) is 0 Å². The maximum absolute atomic E-state index is 12.1. The molecular formula is C14H23ClN2OS. The first-order valence-electron chi connectivity index (χ1n) is 6.53. The zero-order chi connectivity index (χ0) is 13.3. The third kappa shape index (κ3) is 4.20. The first-order valence-corrected chi connectivity index (χ1v) is 7.41. The van der Waals surface area contributed by atoms with E-state index in [9.17, 15) is 4.79 Å². The summed E-state index contributed by atoms with van der Waals surface area (Å²) in [4.78, 5) is 13.5. The minimum Gasteiger partial charge on any atom is -0.350 e. The molecule has 1 aromatic heterocycles. The molecule has 1 atom stereocenters. The maximum atomic E-state index is 12.1. The molecule has 0 fully saturated rings. The minimum absolute atomic E-state index is 0. The van der Waals surface area contributed by atoms with E-state index < -0.39 is 0 Å². The molecule has 3 nitrogen and oxygen atoms in total. The first kappa shape index (κ1) is 16.5. The van der Waals surface area contributed by atoms with Gasteiger partial charge in [0.05, 0.1) is 5.56 Å². The summed E-state index contributed by atoms with van der Waals surface area (Å²) in [5, 5.41) is 4.93. The van der Waals surface area contributed by atoms with Crippen molar-refractivity contribution in [1.29, 1.82) is 0 Å². The van der Waals surface area contributed by atoms with Crippen LogP contribution in [-0.4, -0.2) is 18.0 Å². The van der Waals surface area contributed by atoms with Crippen molar-refractivity contribution in [2.75, 3.05) is 6.54 Å². The van der Waals surface area contributed by atoms with Crippen molar-refractivity contribution in [2.24, 2.45) is 11.7 Å². The molecule has 108 valence electrons. The summed E-state index contributed by atoms with van der Waals surface area (Å²) in [5.41, 5.74) is 7.66. The minimum atomic E-state index is -0.361. The topological polar surface area (TPSA) is 55.1 Å². The Kier molecular flexibility index (Phi) is 5.42. The Labute approximate surface area is 125 Å². The average molecular weight is 303 g/mol. The summed E-state index contributed by atoms with van der Waals surface area (Å²) in [6, 6.07) is 0. The number of thiophene rings is 1. The number of halogens is 1. The second kappa shape index (κ2) is 6.25. The van der Waals surface area contributed by atoms with Gasteiger partial charge in [0.15, 0.2) is 0 Å². The van der Waals surface area contributed by atoms with Crippen molar-refractivity contribution in [3.05, 3.63) is 21.4 Å². The summed E-state index contributed by atoms with van der Waals surface area (Å²) in [6.45, 7) is 6.61. The lowest BCUT2D eigenvalue weighted by Gasteiger charge is -2.21. The van der Waals surface area contributed by atoms with Gasteiger partial charge in [-0.2, -0.15) is 0 Å². The Balaban J connectivity index is 0.00000180. The van der Waals surface area contributed by atoms with Crippen LogP contribution in [0, 0.1) is 5.92 Å². The summed E-state index contributed by atoms with van der Waals surface area (Å²) in [6.07, 6.45) is 3.34. The van der Waals surface area contributed by atoms with Gasteiger partial charge in [-0.15, -0.1) is 23.7 Å². The van der Waals surface area contributed by atoms with Crippen LogP contribution in [0.4, 0.5) is 0 Å². The number of hydrogen-bond acceptors (Lipinski definition) is 3. The fraction of sp³-hybridized carbons (Fsp3) is 0.643. The van der Waals surface area contributed by atoms with Crippen LogP contribution in [-0.2, 0) is 12.8 Å². The molecule has 1 amide bonds. The Morgan fingerprint density at radius 1 is 1.58 bits per heavy atom. The van der Waals surface area contributed by atoms with Crippen molar-refractivity contribution in [1.82, 2.24) is 5.32 Å². The molecule has 0 bridgehead atoms. The van der Waals surface area contributed by atoms with Crippen molar-refractivity contribution >= 4 is 29.7 Å². The monoisotopic (exact) mass is 302 g/mol. The predicted molar refractivity (Wildman–Crippen MR) is 83.4 cm³/mol. The number of hydrogen-bond donors (Lipinski definition) is 2. The zero-order valence-corrected chi connectivity index (χ0v) is 13.4. The fourth-order valence-corrected chi connectivity index (χ4v) is 3.52. The molecule has 1 aliphatic carbocycles. The normalized spacial score (nSPS) is 18.4. The molecule has 0 radical (unpaired) electrons. The van der Waals surface area contributed by atoms with E-state index in [1.807, 2.05) is 19.2 Å². The van der Waals surface area contributed by atoms with E-state index in [1.165, 1.54) is 16.9 Å². The van der Waals surface area contributed by atoms with Gasteiger partial charge in [-0.3, -0.25) is 4.79 Å². The van der Waals surface area contributed by atoms with Gasteiger partial charge in [0, 0.05) is 22.3 Å². The molecule has 0 spiro atoms. The lowest BCUT2D eigenvalue weighted by atomic mass is 9.88. The van der Waals surface area contributed by atoms with Crippen LogP contribution in [0.25, 0.3) is 0 Å². The zero-order valence-electron chi connectivity index (χ0n) is 11.8. The smallest absolute Gasteiger partial charge is 0.252 e. The van der Waals surface area contributed by atoms with Crippen LogP contribution in [0.2, 0.25) is 0 Å². The summed E-state index contributed by atoms with van der Waals surface area (Å²) >= 11 is 1.73. The molecule has 1 heterocycles. The lowest BCUT2D eigenvalue weighted by Crippen LogP contribution is -2.45. The van der Waals surface area contributed by atoms with Gasteiger partial charge >= 0.3 is 0 Å². The predicted octanol–water partition coefficient (Wildman–Crippen LogP) is 2.76. The maximum Gasteiger partial charge on any atom is 0.252 e. The largest absolute Gasteiger partial charge is 0.350 e. The van der Waals surface area contributed by atoms with Crippen LogP contribution < -0.4 is 11.1 Å². The number of nitrogens with two attached hydrogens (primary N) is 1. The number of rotatable bonds is 3. The molecular weight excluding hydrogens is 280 g/mol. The number of carbonyl (C=O) groups excluding carboxylic acids is 1. The van der Waals surface area contributed by atoms with Crippen molar-refractivity contribution in [3.8, 4) is 0 Å². The molecule has 0 saturated heterocycles. The van der Waals surface area contributed by atoms with Gasteiger partial charge < -0.3 is 11.1 Å². The van der Waals surface area contributed by atoms with Gasteiger partial charge in [0.2, 0.25) is 0 Å². The number of amides is 1. The lowest BCUT2D eigenvalue weighted by molar-refractivity contribution is 0.0945. The third-order valence-electron chi connectivity index (χ3n) is 3.35. The molecule has 0 aromatic carbocycles. The molecule has 1 aliphatic rings. The highest BCUT2D eigenvalue weighted by Crippen LogP contribution is 2.32. The Hall–Kier alpha value is -0.580. The SMILES string of the molecule is CC1CCc2c(C(=O)NCC(C)(C)N)csc2C1.Cl. The molecule has 0 saturated carbocycles. The van der Waals surface area contributed by atoms with Gasteiger partial charge in [-0.25, -0.2) is 0 Å². The van der Waals surface area contributed by atoms with Gasteiger partial charge in [-0.05, 0) is 44.6 Å². The number of nitrogens with one attached hydrogen (secondary N) is 1. The Bertz CT molecular complexity index is 451. The quantitative estimate of drug-likeness (QED) is 0.902. The highest BCUT2D eigenvalue weighted by Gasteiger charge is 2.23. The highest BCUT2D eigenvalue weighted by atomic mass is 35.5. The van der Waals surface area contributed by atoms with Gasteiger partial charge in [-0.1, -0.05) is 6.92 Å². The third-order valence-corrected chi connectivity index (χ3v) is 4.40. The summed E-state index contributed by atoms with van der Waals surface area (Å²) < 4.78 is 0. The van der Waals surface area contributed by atoms with Crippen molar-refractivity contribution in [3.63, 3.8) is 0 Å². The van der Waals surface area contributed by atoms with Gasteiger partial charge in [0.25, 0.3) is 5.91 Å². The van der Waals surface area contributed by atoms with Crippen LogP contribution in [0.5, 0.6) is 0 Å². The second-order valence-corrected chi connectivity index (χ2v) is 7.03. The molecule has 1 aromatic rings. The van der Waals surface area contributed by atoms with E-state index in [0.717, 1.165) is 24.3 Å².